The second-order valence-electron chi connectivity index (χ2n) is 23.1. The van der Waals surface area contributed by atoms with Gasteiger partial charge in [-0.3, -0.25) is 19.2 Å². The zero-order valence-electron chi connectivity index (χ0n) is 45.7. The third kappa shape index (κ3) is 15.7. The zero-order valence-corrected chi connectivity index (χ0v) is 45.7. The zero-order chi connectivity index (χ0) is 54.9. The van der Waals surface area contributed by atoms with Crippen LogP contribution in [0, 0.1) is 45.8 Å². The van der Waals surface area contributed by atoms with Gasteiger partial charge in [0.15, 0.2) is 12.6 Å². The summed E-state index contributed by atoms with van der Waals surface area (Å²) < 4.78 is 29.2. The molecule has 0 bridgehead atoms. The Hall–Kier alpha value is -4.74. The summed E-state index contributed by atoms with van der Waals surface area (Å²) in [6.07, 6.45) is 2.20. The number of ether oxygens (including phenoxy) is 5. The van der Waals surface area contributed by atoms with Crippen molar-refractivity contribution >= 4 is 29.6 Å². The van der Waals surface area contributed by atoms with Gasteiger partial charge in [-0.05, 0) is 93.2 Å². The number of tetrazole rings is 1. The molecule has 4 N–H and O–H groups in total. The molecule has 6 rings (SSSR count). The Kier molecular flexibility index (Phi) is 20.6. The Morgan fingerprint density at radius 1 is 0.743 bits per heavy atom. The maximum Gasteiger partial charge on any atom is 0.309 e. The first kappa shape index (κ1) is 60.1. The average molecular weight is 1030 g/mol. The summed E-state index contributed by atoms with van der Waals surface area (Å²) in [6, 6.07) is 11.7. The Balaban J connectivity index is 0.000000290. The SMILES string of the molecule is C/C(=C\C#N)[C@@H]1C[C@@H]2O[C@]2(C)CCC[C@H](C)[C@H](O)[C@@H](C)C(=O)C(C)(C)[C@@H](O)CC(=O)O1.C/C(=C\c1nnn(COCc2ccccc2)n1)[C@@H]1C[C@@H]2O[C@]2(C)CCC[C@H](C)[C@H](O)[C@@H](C)C(=O)C(C)(C)[C@@H](O)CC(=O)O1. The molecule has 0 aliphatic carbocycles. The van der Waals surface area contributed by atoms with Gasteiger partial charge < -0.3 is 44.1 Å². The monoisotopic (exact) mass is 1030 g/mol. The molecule has 4 aliphatic rings. The highest BCUT2D eigenvalue weighted by Gasteiger charge is 2.54. The van der Waals surface area contributed by atoms with Crippen molar-refractivity contribution in [2.24, 2.45) is 34.5 Å². The molecule has 1 aromatic carbocycles. The lowest BCUT2D eigenvalue weighted by Crippen LogP contribution is -2.45. The van der Waals surface area contributed by atoms with Crippen molar-refractivity contribution in [3.8, 4) is 6.07 Å². The molecule has 0 saturated carbocycles. The number of aromatic nitrogens is 4. The number of epoxide rings is 2. The van der Waals surface area contributed by atoms with Gasteiger partial charge >= 0.3 is 11.9 Å². The van der Waals surface area contributed by atoms with Gasteiger partial charge in [0.2, 0.25) is 0 Å². The first-order valence-corrected chi connectivity index (χ1v) is 26.3. The van der Waals surface area contributed by atoms with Gasteiger partial charge in [0.1, 0.15) is 23.8 Å². The normalized spacial score (nSPS) is 35.9. The fourth-order valence-electron chi connectivity index (χ4n) is 10.3. The fraction of sp³-hybridized carbons (Fsp3) is 0.714. The summed E-state index contributed by atoms with van der Waals surface area (Å²) in [5.41, 5.74) is -0.817. The van der Waals surface area contributed by atoms with E-state index in [9.17, 15) is 39.6 Å². The van der Waals surface area contributed by atoms with Gasteiger partial charge in [0.25, 0.3) is 0 Å². The van der Waals surface area contributed by atoms with Crippen LogP contribution >= 0.6 is 0 Å². The van der Waals surface area contributed by atoms with Gasteiger partial charge in [-0.25, -0.2) is 0 Å². The Labute approximate surface area is 437 Å². The van der Waals surface area contributed by atoms with E-state index in [2.05, 4.69) is 15.4 Å². The largest absolute Gasteiger partial charge is 0.458 e. The number of rotatable bonds is 7. The van der Waals surface area contributed by atoms with E-state index in [1.165, 1.54) is 10.9 Å². The van der Waals surface area contributed by atoms with Gasteiger partial charge in [0, 0.05) is 30.8 Å². The summed E-state index contributed by atoms with van der Waals surface area (Å²) in [7, 11) is 0. The molecule has 4 fully saturated rings. The molecule has 18 heteroatoms. The van der Waals surface area contributed by atoms with Crippen LogP contribution in [0.15, 0.2) is 47.6 Å². The molecule has 14 atom stereocenters. The minimum absolute atomic E-state index is 0.0841. The maximum atomic E-state index is 13.3. The summed E-state index contributed by atoms with van der Waals surface area (Å²) >= 11 is 0. The van der Waals surface area contributed by atoms with Crippen LogP contribution in [-0.2, 0) is 56.2 Å². The second-order valence-corrected chi connectivity index (χ2v) is 23.1. The number of nitriles is 1. The molecule has 4 aliphatic heterocycles. The minimum Gasteiger partial charge on any atom is -0.458 e. The lowest BCUT2D eigenvalue weighted by Gasteiger charge is -2.34. The lowest BCUT2D eigenvalue weighted by molar-refractivity contribution is -0.156. The number of carbonyl (C=O) groups is 4. The van der Waals surface area contributed by atoms with Crippen LogP contribution in [0.3, 0.4) is 0 Å². The number of aliphatic hydroxyl groups excluding tert-OH is 4. The van der Waals surface area contributed by atoms with Crippen LogP contribution in [0.25, 0.3) is 6.08 Å². The number of allylic oxidation sites excluding steroid dienone is 1. The van der Waals surface area contributed by atoms with E-state index in [0.717, 1.165) is 44.1 Å². The summed E-state index contributed by atoms with van der Waals surface area (Å²) in [5.74, 6) is -3.04. The Morgan fingerprint density at radius 2 is 1.20 bits per heavy atom. The molecule has 0 radical (unpaired) electrons. The molecule has 1 aromatic heterocycles. The predicted molar refractivity (Wildman–Crippen MR) is 273 cm³/mol. The molecule has 5 heterocycles. The van der Waals surface area contributed by atoms with E-state index in [1.54, 1.807) is 54.5 Å². The van der Waals surface area contributed by atoms with E-state index >= 15 is 0 Å². The summed E-state index contributed by atoms with van der Waals surface area (Å²) in [6.45, 7) is 21.8. The highest BCUT2D eigenvalue weighted by molar-refractivity contribution is 5.88. The first-order chi connectivity index (χ1) is 34.6. The smallest absolute Gasteiger partial charge is 0.309 e. The molecule has 18 nitrogen and oxygen atoms in total. The molecule has 0 unspecified atom stereocenters. The van der Waals surface area contributed by atoms with E-state index in [1.807, 2.05) is 71.0 Å². The minimum atomic E-state index is -1.28. The van der Waals surface area contributed by atoms with Crippen LogP contribution in [-0.4, -0.2) is 124 Å². The van der Waals surface area contributed by atoms with Crippen LogP contribution in [0.2, 0.25) is 0 Å². The van der Waals surface area contributed by atoms with Crippen molar-refractivity contribution in [1.29, 1.82) is 5.26 Å². The lowest BCUT2D eigenvalue weighted by atomic mass is 9.73. The van der Waals surface area contributed by atoms with Crippen LogP contribution < -0.4 is 0 Å². The number of Topliss-reactive ketones (excluding diaryl/α,β-unsaturated/α-hetero) is 2. The number of cyclic esters (lactones) is 2. The van der Waals surface area contributed by atoms with Crippen LogP contribution in [0.5, 0.6) is 0 Å². The topological polar surface area (TPSA) is 269 Å². The average Bonchev–Trinajstić information content (AvgIpc) is 4.12. The molecule has 74 heavy (non-hydrogen) atoms. The van der Waals surface area contributed by atoms with E-state index in [-0.39, 0.29) is 66.4 Å². The van der Waals surface area contributed by atoms with Crippen molar-refractivity contribution < 1.29 is 63.3 Å². The molecule has 0 spiro atoms. The van der Waals surface area contributed by atoms with E-state index < -0.39 is 71.2 Å². The molecule has 4 saturated heterocycles. The quantitative estimate of drug-likeness (QED) is 0.124. The van der Waals surface area contributed by atoms with E-state index in [0.29, 0.717) is 36.4 Å². The summed E-state index contributed by atoms with van der Waals surface area (Å²) in [5, 5.41) is 64.8. The van der Waals surface area contributed by atoms with Crippen LogP contribution in [0.1, 0.15) is 159 Å². The number of nitrogens with zero attached hydrogens (tertiary/aromatic N) is 5. The number of benzene rings is 1. The molecular formula is C56H83N5O13. The third-order valence-electron chi connectivity index (χ3n) is 16.3. The highest BCUT2D eigenvalue weighted by Crippen LogP contribution is 2.46. The third-order valence-corrected chi connectivity index (χ3v) is 16.3. The fourth-order valence-corrected chi connectivity index (χ4v) is 10.3. The first-order valence-electron chi connectivity index (χ1n) is 26.3. The Bertz CT molecular complexity index is 2340. The van der Waals surface area contributed by atoms with Gasteiger partial charge in [-0.2, -0.15) is 5.26 Å². The van der Waals surface area contributed by atoms with Gasteiger partial charge in [-0.15, -0.1) is 15.0 Å². The molecule has 2 aromatic rings. The highest BCUT2D eigenvalue weighted by atomic mass is 16.6. The standard InChI is InChI=1S/C32H46N4O7.C24H37NO6/c1-20-11-10-14-32(6)26(43-32)16-24(42-28(38)17-25(37)31(4,5)30(40)22(3)29(20)39)21(2)15-27-33-35-36(34-27)19-41-18-23-12-8-7-9-13-23;1-14(9-11-25)17-12-19-24(6,31-19)10-7-8-15(2)21(28)16(3)22(29)23(4,5)18(26)13-20(27)30-17/h7-9,12-13,15,20,22,24-26,29,37,39H,10-11,14,16-19H2,1-6H3;9,15-19,21,26,28H,7-8,10,12-13H2,1-6H3/b21-15+;14-9+/t20-,22+,24-,25-,26-,29-,32+;15-,16+,17-,18-,19-,21-,24+/m00/s1. The summed E-state index contributed by atoms with van der Waals surface area (Å²) in [4.78, 5) is 53.5. The number of ketones is 2. The van der Waals surface area contributed by atoms with Crippen LogP contribution in [0.4, 0.5) is 0 Å². The van der Waals surface area contributed by atoms with Crippen molar-refractivity contribution in [2.75, 3.05) is 0 Å². The molecule has 410 valence electrons. The molecular weight excluding hydrogens is 951 g/mol. The van der Waals surface area contributed by atoms with Crippen molar-refractivity contribution in [3.63, 3.8) is 0 Å². The van der Waals surface area contributed by atoms with Gasteiger partial charge in [0.05, 0.1) is 84.2 Å². The number of carbonyl (C=O) groups excluding carboxylic acids is 4. The predicted octanol–water partition coefficient (Wildman–Crippen LogP) is 6.95. The number of fused-ring (bicyclic) bond motifs is 2. The molecule has 0 amide bonds. The number of esters is 2. The second kappa shape index (κ2) is 25.4. The Morgan fingerprint density at radius 3 is 1.66 bits per heavy atom. The van der Waals surface area contributed by atoms with Crippen molar-refractivity contribution in [1.82, 2.24) is 20.2 Å². The van der Waals surface area contributed by atoms with Crippen molar-refractivity contribution in [3.05, 3.63) is 58.9 Å². The number of hydrogen-bond donors (Lipinski definition) is 4. The van der Waals surface area contributed by atoms with Gasteiger partial charge in [-0.1, -0.05) is 98.6 Å². The van der Waals surface area contributed by atoms with Crippen molar-refractivity contribution in [2.45, 2.75) is 221 Å². The number of hydrogen-bond acceptors (Lipinski definition) is 17. The maximum absolute atomic E-state index is 13.3. The number of aliphatic hydroxyl groups is 4. The van der Waals surface area contributed by atoms with E-state index in [4.69, 9.17) is 28.9 Å².